The normalized spacial score (nSPS) is 12.3. The average molecular weight is 332 g/mol. The van der Waals surface area contributed by atoms with Gasteiger partial charge in [0.25, 0.3) is 0 Å². The molecule has 7 heteroatoms. The first-order valence-corrected chi connectivity index (χ1v) is 8.09. The number of nitrogens with two attached hydrogens (primary N) is 1. The van der Waals surface area contributed by atoms with Gasteiger partial charge in [0, 0.05) is 11.4 Å². The molecule has 0 saturated carbocycles. The van der Waals surface area contributed by atoms with Crippen LogP contribution < -0.4 is 11.1 Å². The van der Waals surface area contributed by atoms with Gasteiger partial charge in [0.2, 0.25) is 11.8 Å². The summed E-state index contributed by atoms with van der Waals surface area (Å²) < 4.78 is 0.699. The number of rotatable bonds is 7. The third kappa shape index (κ3) is 5.65. The molecule has 0 bridgehead atoms. The van der Waals surface area contributed by atoms with E-state index >= 15 is 0 Å². The largest absolute Gasteiger partial charge is 0.346 e. The van der Waals surface area contributed by atoms with Crippen molar-refractivity contribution >= 4 is 34.8 Å². The summed E-state index contributed by atoms with van der Waals surface area (Å²) in [6, 6.07) is 3.11. The van der Waals surface area contributed by atoms with Crippen LogP contribution in [-0.4, -0.2) is 35.8 Å². The van der Waals surface area contributed by atoms with E-state index in [2.05, 4.69) is 5.32 Å². The molecule has 0 aliphatic heterocycles. The Morgan fingerprint density at radius 2 is 2.10 bits per heavy atom. The number of halogens is 1. The van der Waals surface area contributed by atoms with E-state index in [0.717, 1.165) is 4.88 Å². The molecule has 3 N–H and O–H groups in total. The quantitative estimate of drug-likeness (QED) is 0.800. The number of carbonyl (C=O) groups excluding carboxylic acids is 2. The van der Waals surface area contributed by atoms with Crippen molar-refractivity contribution in [1.29, 1.82) is 0 Å². The van der Waals surface area contributed by atoms with Crippen LogP contribution in [0.15, 0.2) is 12.1 Å². The van der Waals surface area contributed by atoms with E-state index in [1.165, 1.54) is 11.3 Å². The molecule has 21 heavy (non-hydrogen) atoms. The molecular formula is C14H22ClN3O2S. The van der Waals surface area contributed by atoms with Crippen LogP contribution in [0.3, 0.4) is 0 Å². The van der Waals surface area contributed by atoms with Crippen molar-refractivity contribution in [3.63, 3.8) is 0 Å². The summed E-state index contributed by atoms with van der Waals surface area (Å²) in [5, 5.41) is 2.59. The maximum Gasteiger partial charge on any atom is 0.242 e. The Kier molecular flexibility index (Phi) is 7.14. The number of amides is 2. The SMILES string of the molecule is CCN(Cc1ccc(Cl)s1)C(=O)CNC(=O)[C@@H](N)C(C)C. The lowest BCUT2D eigenvalue weighted by atomic mass is 10.1. The first kappa shape index (κ1) is 17.9. The lowest BCUT2D eigenvalue weighted by Gasteiger charge is -2.21. The summed E-state index contributed by atoms with van der Waals surface area (Å²) >= 11 is 7.32. The number of carbonyl (C=O) groups is 2. The molecule has 0 saturated heterocycles. The molecule has 118 valence electrons. The van der Waals surface area contributed by atoms with Crippen molar-refractivity contribution in [1.82, 2.24) is 10.2 Å². The van der Waals surface area contributed by atoms with Crippen molar-refractivity contribution in [2.24, 2.45) is 11.7 Å². The second-order valence-corrected chi connectivity index (χ2v) is 6.90. The van der Waals surface area contributed by atoms with Gasteiger partial charge in [-0.15, -0.1) is 11.3 Å². The highest BCUT2D eigenvalue weighted by Crippen LogP contribution is 2.22. The maximum atomic E-state index is 12.1. The Labute approximate surface area is 134 Å². The van der Waals surface area contributed by atoms with Crippen molar-refractivity contribution < 1.29 is 9.59 Å². The van der Waals surface area contributed by atoms with Gasteiger partial charge in [0.1, 0.15) is 0 Å². The fraction of sp³-hybridized carbons (Fsp3) is 0.571. The molecule has 0 aromatic carbocycles. The molecule has 0 spiro atoms. The summed E-state index contributed by atoms with van der Waals surface area (Å²) in [6.07, 6.45) is 0. The molecule has 1 heterocycles. The van der Waals surface area contributed by atoms with Crippen LogP contribution in [0, 0.1) is 5.92 Å². The van der Waals surface area contributed by atoms with Crippen LogP contribution in [0.5, 0.6) is 0 Å². The van der Waals surface area contributed by atoms with Crippen molar-refractivity contribution in [3.05, 3.63) is 21.3 Å². The molecule has 0 radical (unpaired) electrons. The fourth-order valence-electron chi connectivity index (χ4n) is 1.70. The van der Waals surface area contributed by atoms with Crippen LogP contribution >= 0.6 is 22.9 Å². The Bertz CT molecular complexity index is 490. The minimum atomic E-state index is -0.594. The molecule has 1 rings (SSSR count). The summed E-state index contributed by atoms with van der Waals surface area (Å²) in [7, 11) is 0. The van der Waals surface area contributed by atoms with Gasteiger partial charge in [-0.1, -0.05) is 25.4 Å². The van der Waals surface area contributed by atoms with Crippen LogP contribution in [0.1, 0.15) is 25.6 Å². The van der Waals surface area contributed by atoms with E-state index in [-0.39, 0.29) is 24.3 Å². The lowest BCUT2D eigenvalue weighted by Crippen LogP contribution is -2.47. The zero-order chi connectivity index (χ0) is 16.0. The highest BCUT2D eigenvalue weighted by atomic mass is 35.5. The summed E-state index contributed by atoms with van der Waals surface area (Å²) in [4.78, 5) is 26.5. The number of likely N-dealkylation sites (N-methyl/N-ethyl adjacent to an activating group) is 1. The van der Waals surface area contributed by atoms with Crippen molar-refractivity contribution in [2.45, 2.75) is 33.4 Å². The highest BCUT2D eigenvalue weighted by Gasteiger charge is 2.19. The molecule has 5 nitrogen and oxygen atoms in total. The molecule has 0 aliphatic rings. The second kappa shape index (κ2) is 8.36. The molecular weight excluding hydrogens is 310 g/mol. The van der Waals surface area contributed by atoms with Gasteiger partial charge in [-0.05, 0) is 25.0 Å². The van der Waals surface area contributed by atoms with Gasteiger partial charge in [-0.25, -0.2) is 0 Å². The molecule has 2 amide bonds. The van der Waals surface area contributed by atoms with E-state index in [0.29, 0.717) is 17.4 Å². The highest BCUT2D eigenvalue weighted by molar-refractivity contribution is 7.16. The average Bonchev–Trinajstić information content (AvgIpc) is 2.86. The molecule has 0 fully saturated rings. The van der Waals surface area contributed by atoms with E-state index in [1.54, 1.807) is 4.90 Å². The van der Waals surface area contributed by atoms with Gasteiger partial charge in [-0.2, -0.15) is 0 Å². The molecule has 0 unspecified atom stereocenters. The zero-order valence-corrected chi connectivity index (χ0v) is 14.1. The minimum absolute atomic E-state index is 0.0355. The number of hydrogen-bond donors (Lipinski definition) is 2. The van der Waals surface area contributed by atoms with Crippen molar-refractivity contribution in [3.8, 4) is 0 Å². The Balaban J connectivity index is 2.50. The summed E-state index contributed by atoms with van der Waals surface area (Å²) in [5.74, 6) is -0.393. The number of hydrogen-bond acceptors (Lipinski definition) is 4. The second-order valence-electron chi connectivity index (χ2n) is 5.10. The van der Waals surface area contributed by atoms with Gasteiger partial charge < -0.3 is 16.0 Å². The molecule has 1 atom stereocenters. The zero-order valence-electron chi connectivity index (χ0n) is 12.6. The predicted molar refractivity (Wildman–Crippen MR) is 86.2 cm³/mol. The Morgan fingerprint density at radius 1 is 1.43 bits per heavy atom. The summed E-state index contributed by atoms with van der Waals surface area (Å²) in [6.45, 7) is 6.66. The third-order valence-corrected chi connectivity index (χ3v) is 4.36. The van der Waals surface area contributed by atoms with Gasteiger partial charge in [-0.3, -0.25) is 9.59 Å². The topological polar surface area (TPSA) is 75.4 Å². The molecule has 1 aromatic rings. The predicted octanol–water partition coefficient (Wildman–Crippen LogP) is 1.85. The van der Waals surface area contributed by atoms with Gasteiger partial charge in [0.05, 0.1) is 23.5 Å². The van der Waals surface area contributed by atoms with E-state index < -0.39 is 6.04 Å². The van der Waals surface area contributed by atoms with Gasteiger partial charge in [0.15, 0.2) is 0 Å². The molecule has 1 aromatic heterocycles. The molecule has 0 aliphatic carbocycles. The fourth-order valence-corrected chi connectivity index (χ4v) is 2.80. The van der Waals surface area contributed by atoms with Crippen LogP contribution in [0.4, 0.5) is 0 Å². The third-order valence-electron chi connectivity index (χ3n) is 3.14. The van der Waals surface area contributed by atoms with Gasteiger partial charge >= 0.3 is 0 Å². The first-order valence-electron chi connectivity index (χ1n) is 6.90. The monoisotopic (exact) mass is 331 g/mol. The van der Waals surface area contributed by atoms with Crippen LogP contribution in [0.25, 0.3) is 0 Å². The Morgan fingerprint density at radius 3 is 2.57 bits per heavy atom. The number of nitrogens with zero attached hydrogens (tertiary/aromatic N) is 1. The first-order chi connectivity index (χ1) is 9.85. The van der Waals surface area contributed by atoms with E-state index in [4.69, 9.17) is 17.3 Å². The standard InChI is InChI=1S/C14H22ClN3O2S/c1-4-18(8-10-5-6-11(15)21-10)12(19)7-17-14(20)13(16)9(2)3/h5-6,9,13H,4,7-8,16H2,1-3H3,(H,17,20)/t13-/m0/s1. The lowest BCUT2D eigenvalue weighted by molar-refractivity contribution is -0.133. The van der Waals surface area contributed by atoms with Crippen LogP contribution in [-0.2, 0) is 16.1 Å². The summed E-state index contributed by atoms with van der Waals surface area (Å²) in [5.41, 5.74) is 5.73. The minimum Gasteiger partial charge on any atom is -0.346 e. The number of thiophene rings is 1. The number of nitrogens with one attached hydrogen (secondary N) is 1. The Hall–Kier alpha value is -1.11. The van der Waals surface area contributed by atoms with E-state index in [1.807, 2.05) is 32.9 Å². The maximum absolute atomic E-state index is 12.1. The van der Waals surface area contributed by atoms with E-state index in [9.17, 15) is 9.59 Å². The van der Waals surface area contributed by atoms with Crippen LogP contribution in [0.2, 0.25) is 4.34 Å². The smallest absolute Gasteiger partial charge is 0.242 e. The van der Waals surface area contributed by atoms with Crippen molar-refractivity contribution in [2.75, 3.05) is 13.1 Å².